The van der Waals surface area contributed by atoms with Crippen LogP contribution in [0.3, 0.4) is 0 Å². The Hall–Kier alpha value is -2.70. The molecule has 0 aliphatic carbocycles. The van der Waals surface area contributed by atoms with E-state index in [-0.39, 0.29) is 6.04 Å². The van der Waals surface area contributed by atoms with Crippen LogP contribution in [0.25, 0.3) is 5.70 Å². The molecule has 1 aliphatic rings. The summed E-state index contributed by atoms with van der Waals surface area (Å²) < 4.78 is 6.41. The highest BCUT2D eigenvalue weighted by atomic mass is 16.5. The van der Waals surface area contributed by atoms with Gasteiger partial charge in [0.15, 0.2) is 0 Å². The van der Waals surface area contributed by atoms with Crippen LogP contribution in [0.1, 0.15) is 24.1 Å². The van der Waals surface area contributed by atoms with E-state index in [0.717, 1.165) is 11.1 Å². The van der Waals surface area contributed by atoms with E-state index in [0.29, 0.717) is 17.2 Å². The molecule has 3 rings (SSSR count). The number of ether oxygens (including phenoxy) is 1. The molecule has 0 radical (unpaired) electrons. The molecule has 7 nitrogen and oxygen atoms in total. The molecule has 1 aromatic carbocycles. The lowest BCUT2D eigenvalue weighted by Crippen LogP contribution is -2.28. The predicted molar refractivity (Wildman–Crippen MR) is 76.3 cm³/mol. The van der Waals surface area contributed by atoms with Crippen LogP contribution in [0.15, 0.2) is 29.8 Å². The first-order valence-corrected chi connectivity index (χ1v) is 6.52. The quantitative estimate of drug-likeness (QED) is 0.843. The van der Waals surface area contributed by atoms with Crippen LogP contribution < -0.4 is 5.32 Å². The molecule has 1 N–H and O–H groups in total. The zero-order valence-electron chi connectivity index (χ0n) is 12.0. The average Bonchev–Trinajstić information content (AvgIpc) is 2.96. The van der Waals surface area contributed by atoms with Gasteiger partial charge in [0.2, 0.25) is 5.95 Å². The summed E-state index contributed by atoms with van der Waals surface area (Å²) in [5.41, 5.74) is 3.27. The monoisotopic (exact) mass is 285 g/mol. The number of methoxy groups -OCH3 is 1. The number of benzene rings is 1. The van der Waals surface area contributed by atoms with Crippen LogP contribution in [0.5, 0.6) is 0 Å². The molecule has 2 aromatic rings. The van der Waals surface area contributed by atoms with Crippen LogP contribution in [0.4, 0.5) is 5.95 Å². The number of aryl methyl sites for hydroxylation is 1. The summed E-state index contributed by atoms with van der Waals surface area (Å²) in [4.78, 5) is 12.2. The van der Waals surface area contributed by atoms with Gasteiger partial charge in [-0.1, -0.05) is 34.9 Å². The van der Waals surface area contributed by atoms with Crippen molar-refractivity contribution in [2.45, 2.75) is 19.9 Å². The fourth-order valence-corrected chi connectivity index (χ4v) is 2.41. The molecular formula is C14H15N5O2. The van der Waals surface area contributed by atoms with Gasteiger partial charge in [0.25, 0.3) is 0 Å². The van der Waals surface area contributed by atoms with Crippen LogP contribution in [0, 0.1) is 6.92 Å². The smallest absolute Gasteiger partial charge is 0.338 e. The third-order valence-corrected chi connectivity index (χ3v) is 3.56. The van der Waals surface area contributed by atoms with Gasteiger partial charge in [0.1, 0.15) is 0 Å². The molecule has 0 spiro atoms. The van der Waals surface area contributed by atoms with Gasteiger partial charge < -0.3 is 10.1 Å². The molecule has 1 unspecified atom stereocenters. The van der Waals surface area contributed by atoms with E-state index in [2.05, 4.69) is 20.8 Å². The van der Waals surface area contributed by atoms with Crippen LogP contribution in [-0.4, -0.2) is 33.3 Å². The maximum Gasteiger partial charge on any atom is 0.338 e. The van der Waals surface area contributed by atoms with Gasteiger partial charge in [-0.15, -0.1) is 0 Å². The summed E-state index contributed by atoms with van der Waals surface area (Å²) in [5.74, 6) is 0.109. The molecular weight excluding hydrogens is 270 g/mol. The van der Waals surface area contributed by atoms with Crippen molar-refractivity contribution in [3.8, 4) is 0 Å². The Morgan fingerprint density at radius 2 is 2.00 bits per heavy atom. The number of nitrogens with one attached hydrogen (secondary N) is 1. The number of anilines is 1. The molecule has 1 aromatic heterocycles. The number of tetrazole rings is 1. The van der Waals surface area contributed by atoms with Crippen LogP contribution in [0.2, 0.25) is 0 Å². The summed E-state index contributed by atoms with van der Waals surface area (Å²) in [6.45, 7) is 3.81. The third-order valence-electron chi connectivity index (χ3n) is 3.56. The number of allylic oxidation sites excluding steroid dienone is 1. The Bertz CT molecular complexity index is 717. The highest BCUT2D eigenvalue weighted by molar-refractivity contribution is 5.97. The minimum Gasteiger partial charge on any atom is -0.466 e. The summed E-state index contributed by atoms with van der Waals surface area (Å²) in [7, 11) is 1.37. The number of esters is 1. The van der Waals surface area contributed by atoms with Crippen molar-refractivity contribution in [1.82, 2.24) is 20.2 Å². The number of nitrogens with zero attached hydrogens (tertiary/aromatic N) is 4. The number of hydrogen-bond acceptors (Lipinski definition) is 6. The normalized spacial score (nSPS) is 17.2. The fraction of sp³-hybridized carbons (Fsp3) is 0.286. The first-order valence-electron chi connectivity index (χ1n) is 6.52. The van der Waals surface area contributed by atoms with Gasteiger partial charge in [-0.05, 0) is 29.8 Å². The molecule has 0 saturated heterocycles. The molecule has 108 valence electrons. The Morgan fingerprint density at radius 3 is 2.67 bits per heavy atom. The van der Waals surface area contributed by atoms with Gasteiger partial charge in [-0.25, -0.2) is 4.79 Å². The van der Waals surface area contributed by atoms with E-state index in [9.17, 15) is 4.79 Å². The van der Waals surface area contributed by atoms with Crippen molar-refractivity contribution in [1.29, 1.82) is 0 Å². The second-order valence-electron chi connectivity index (χ2n) is 4.89. The summed E-state index contributed by atoms with van der Waals surface area (Å²) >= 11 is 0. The first kappa shape index (κ1) is 13.3. The lowest BCUT2D eigenvalue weighted by atomic mass is 9.95. The van der Waals surface area contributed by atoms with Gasteiger partial charge in [0.05, 0.1) is 24.4 Å². The third kappa shape index (κ3) is 2.16. The van der Waals surface area contributed by atoms with E-state index < -0.39 is 5.97 Å². The first-order chi connectivity index (χ1) is 10.1. The Labute approximate surface area is 121 Å². The van der Waals surface area contributed by atoms with E-state index >= 15 is 0 Å². The topological polar surface area (TPSA) is 81.9 Å². The zero-order valence-corrected chi connectivity index (χ0v) is 12.0. The maximum atomic E-state index is 12.2. The average molecular weight is 285 g/mol. The standard InChI is InChI=1S/C14H15N5O2/c1-8-4-6-10(7-5-8)12-11(13(20)21-3)9(2)19-14(15-12)16-17-18-19/h4-7,12H,1-3H3,(H,15,16,18). The molecule has 2 heterocycles. The van der Waals surface area contributed by atoms with E-state index in [1.54, 1.807) is 6.92 Å². The van der Waals surface area contributed by atoms with E-state index in [4.69, 9.17) is 4.74 Å². The number of fused-ring (bicyclic) bond motifs is 1. The van der Waals surface area contributed by atoms with Crippen molar-refractivity contribution >= 4 is 17.6 Å². The Kier molecular flexibility index (Phi) is 3.17. The summed E-state index contributed by atoms with van der Waals surface area (Å²) in [6.07, 6.45) is 0. The summed E-state index contributed by atoms with van der Waals surface area (Å²) in [6, 6.07) is 7.61. The van der Waals surface area contributed by atoms with Gasteiger partial charge in [-0.3, -0.25) is 0 Å². The lowest BCUT2D eigenvalue weighted by molar-refractivity contribution is -0.136. The zero-order chi connectivity index (χ0) is 15.0. The van der Waals surface area contributed by atoms with Crippen molar-refractivity contribution in [3.05, 3.63) is 41.0 Å². The number of aromatic nitrogens is 4. The largest absolute Gasteiger partial charge is 0.466 e. The minimum atomic E-state index is -0.397. The van der Waals surface area contributed by atoms with Crippen molar-refractivity contribution in [2.24, 2.45) is 0 Å². The van der Waals surface area contributed by atoms with Gasteiger partial charge in [0, 0.05) is 0 Å². The molecule has 1 aliphatic heterocycles. The summed E-state index contributed by atoms with van der Waals surface area (Å²) in [5, 5.41) is 14.6. The van der Waals surface area contributed by atoms with Crippen molar-refractivity contribution < 1.29 is 9.53 Å². The SMILES string of the molecule is COC(=O)C1=C(C)n2nnnc2NC1c1ccc(C)cc1. The minimum absolute atomic E-state index is 0.337. The molecule has 1 atom stereocenters. The number of rotatable bonds is 2. The van der Waals surface area contributed by atoms with Gasteiger partial charge >= 0.3 is 5.97 Å². The Balaban J connectivity index is 2.13. The number of carbonyl (C=O) groups is 1. The van der Waals surface area contributed by atoms with Crippen molar-refractivity contribution in [3.63, 3.8) is 0 Å². The maximum absolute atomic E-state index is 12.2. The molecule has 0 amide bonds. The second kappa shape index (κ2) is 5.01. The predicted octanol–water partition coefficient (Wildman–Crippen LogP) is 1.55. The highest BCUT2D eigenvalue weighted by Crippen LogP contribution is 2.34. The molecule has 0 saturated carbocycles. The molecule has 7 heteroatoms. The number of hydrogen-bond donors (Lipinski definition) is 1. The van der Waals surface area contributed by atoms with Crippen LogP contribution in [-0.2, 0) is 9.53 Å². The number of carbonyl (C=O) groups excluding carboxylic acids is 1. The van der Waals surface area contributed by atoms with E-state index in [1.165, 1.54) is 11.8 Å². The highest BCUT2D eigenvalue weighted by Gasteiger charge is 2.32. The van der Waals surface area contributed by atoms with Crippen molar-refractivity contribution in [2.75, 3.05) is 12.4 Å². The fourth-order valence-electron chi connectivity index (χ4n) is 2.41. The second-order valence-corrected chi connectivity index (χ2v) is 4.89. The van der Waals surface area contributed by atoms with Crippen LogP contribution >= 0.6 is 0 Å². The lowest BCUT2D eigenvalue weighted by Gasteiger charge is -2.27. The van der Waals surface area contributed by atoms with E-state index in [1.807, 2.05) is 31.2 Å². The Morgan fingerprint density at radius 1 is 1.29 bits per heavy atom. The molecule has 0 bridgehead atoms. The molecule has 0 fully saturated rings. The van der Waals surface area contributed by atoms with Gasteiger partial charge in [-0.2, -0.15) is 4.68 Å². The molecule has 21 heavy (non-hydrogen) atoms.